The van der Waals surface area contributed by atoms with Crippen molar-refractivity contribution in [2.24, 2.45) is 0 Å². The Kier molecular flexibility index (Phi) is 7.73. The van der Waals surface area contributed by atoms with Gasteiger partial charge >= 0.3 is 0 Å². The maximum absolute atomic E-state index is 12.4. The van der Waals surface area contributed by atoms with Crippen molar-refractivity contribution in [1.82, 2.24) is 5.32 Å². The number of hydrogen-bond acceptors (Lipinski definition) is 6. The van der Waals surface area contributed by atoms with Crippen LogP contribution in [0.25, 0.3) is 0 Å². The van der Waals surface area contributed by atoms with Gasteiger partial charge < -0.3 is 29.4 Å². The number of methoxy groups -OCH3 is 2. The Morgan fingerprint density at radius 1 is 1.07 bits per heavy atom. The van der Waals surface area contributed by atoms with Crippen molar-refractivity contribution in [3.05, 3.63) is 52.0 Å². The van der Waals surface area contributed by atoms with Gasteiger partial charge in [0.25, 0.3) is 5.91 Å². The minimum Gasteiger partial charge on any atom is -0.550 e. The van der Waals surface area contributed by atoms with E-state index in [1.165, 1.54) is 14.2 Å². The van der Waals surface area contributed by atoms with Gasteiger partial charge in [-0.15, -0.1) is 0 Å². The predicted octanol–water partition coefficient (Wildman–Crippen LogP) is 2.35. The third-order valence-corrected chi connectivity index (χ3v) is 4.89. The summed E-state index contributed by atoms with van der Waals surface area (Å²) < 4.78 is 15.9. The summed E-state index contributed by atoms with van der Waals surface area (Å²) >= 11 is 6.13. The number of carbonyl (C=O) groups is 2. The first kappa shape index (κ1) is 22.4. The van der Waals surface area contributed by atoms with Crippen molar-refractivity contribution < 1.29 is 28.9 Å². The highest BCUT2D eigenvalue weighted by Crippen LogP contribution is 2.31. The summed E-state index contributed by atoms with van der Waals surface area (Å²) in [6.45, 7) is 3.40. The maximum Gasteiger partial charge on any atom is 0.258 e. The molecule has 7 nitrogen and oxygen atoms in total. The van der Waals surface area contributed by atoms with Gasteiger partial charge in [0.15, 0.2) is 18.1 Å². The second-order valence-electron chi connectivity index (χ2n) is 6.47. The number of carbonyl (C=O) groups excluding carboxylic acids is 2. The van der Waals surface area contributed by atoms with Crippen molar-refractivity contribution in [2.75, 3.05) is 20.8 Å². The molecular formula is C21H23ClNO6-. The van der Waals surface area contributed by atoms with E-state index in [1.54, 1.807) is 30.3 Å². The smallest absolute Gasteiger partial charge is 0.258 e. The van der Waals surface area contributed by atoms with Gasteiger partial charge in [0, 0.05) is 17.4 Å². The molecule has 0 fully saturated rings. The standard InChI is InChI=1S/C21H24ClNO6/c1-12-7-15(8-13(2)21(12)22)29-11-19(24)23-16(10-20(25)26)14-5-6-17(27-3)18(9-14)28-4/h5-9,16H,10-11H2,1-4H3,(H,23,24)(H,25,26)/p-1/t16-/m0/s1. The van der Waals surface area contributed by atoms with Gasteiger partial charge in [-0.05, 0) is 54.8 Å². The molecule has 0 heterocycles. The van der Waals surface area contributed by atoms with Crippen LogP contribution in [0.5, 0.6) is 17.2 Å². The summed E-state index contributed by atoms with van der Waals surface area (Å²) in [6, 6.07) is 7.55. The molecule has 0 saturated heterocycles. The van der Waals surface area contributed by atoms with E-state index in [0.717, 1.165) is 11.1 Å². The lowest BCUT2D eigenvalue weighted by Gasteiger charge is -2.21. The summed E-state index contributed by atoms with van der Waals surface area (Å²) in [5.74, 6) is -0.356. The molecule has 2 aromatic carbocycles. The number of hydrogen-bond donors (Lipinski definition) is 1. The minimum atomic E-state index is -1.30. The van der Waals surface area contributed by atoms with Crippen LogP contribution in [0.3, 0.4) is 0 Å². The van der Waals surface area contributed by atoms with E-state index in [-0.39, 0.29) is 6.61 Å². The molecule has 0 aliphatic rings. The average molecular weight is 421 g/mol. The lowest BCUT2D eigenvalue weighted by Crippen LogP contribution is -2.36. The third-order valence-electron chi connectivity index (χ3n) is 4.30. The lowest BCUT2D eigenvalue weighted by atomic mass is 10.0. The molecule has 1 N–H and O–H groups in total. The molecule has 1 atom stereocenters. The van der Waals surface area contributed by atoms with E-state index in [1.807, 2.05) is 13.8 Å². The SMILES string of the molecule is COc1ccc([C@H](CC(=O)[O-])NC(=O)COc2cc(C)c(Cl)c(C)c2)cc1OC. The summed E-state index contributed by atoms with van der Waals surface area (Å²) in [5, 5.41) is 14.5. The molecule has 0 saturated carbocycles. The fourth-order valence-corrected chi connectivity index (χ4v) is 2.97. The Labute approximate surface area is 174 Å². The average Bonchev–Trinajstić information content (AvgIpc) is 2.68. The summed E-state index contributed by atoms with van der Waals surface area (Å²) in [5.41, 5.74) is 2.21. The molecule has 0 bridgehead atoms. The topological polar surface area (TPSA) is 96.9 Å². The zero-order chi connectivity index (χ0) is 21.6. The van der Waals surface area contributed by atoms with Gasteiger partial charge in [-0.1, -0.05) is 17.7 Å². The number of amides is 1. The molecule has 0 aromatic heterocycles. The number of aliphatic carboxylic acids is 1. The number of aryl methyl sites for hydroxylation is 2. The summed E-state index contributed by atoms with van der Waals surface area (Å²) in [7, 11) is 2.97. The zero-order valence-electron chi connectivity index (χ0n) is 16.7. The number of carboxylic acid groups (broad SMARTS) is 1. The molecule has 0 aliphatic heterocycles. The first-order valence-corrected chi connectivity index (χ1v) is 9.23. The fourth-order valence-electron chi connectivity index (χ4n) is 2.86. The summed E-state index contributed by atoms with van der Waals surface area (Å²) in [6.07, 6.45) is -0.402. The van der Waals surface area contributed by atoms with Crippen LogP contribution in [0.2, 0.25) is 5.02 Å². The van der Waals surface area contributed by atoms with Crippen molar-refractivity contribution in [1.29, 1.82) is 0 Å². The number of ether oxygens (including phenoxy) is 3. The highest BCUT2D eigenvalue weighted by atomic mass is 35.5. The van der Waals surface area contributed by atoms with Crippen molar-refractivity contribution >= 4 is 23.5 Å². The molecule has 29 heavy (non-hydrogen) atoms. The number of benzene rings is 2. The fraction of sp³-hybridized carbons (Fsp3) is 0.333. The molecule has 1 amide bonds. The molecular weight excluding hydrogens is 398 g/mol. The second kappa shape index (κ2) is 10.0. The lowest BCUT2D eigenvalue weighted by molar-refractivity contribution is -0.306. The third kappa shape index (κ3) is 6.02. The van der Waals surface area contributed by atoms with Crippen molar-refractivity contribution in [2.45, 2.75) is 26.3 Å². The second-order valence-corrected chi connectivity index (χ2v) is 6.85. The molecule has 2 aromatic rings. The maximum atomic E-state index is 12.4. The number of halogens is 1. The molecule has 0 spiro atoms. The van der Waals surface area contributed by atoms with Crippen LogP contribution in [-0.2, 0) is 9.59 Å². The molecule has 0 unspecified atom stereocenters. The Hall–Kier alpha value is -2.93. The van der Waals surface area contributed by atoms with Crippen LogP contribution in [0.1, 0.15) is 29.2 Å². The molecule has 0 aliphatic carbocycles. The van der Waals surface area contributed by atoms with Crippen LogP contribution in [0.4, 0.5) is 0 Å². The van der Waals surface area contributed by atoms with Gasteiger partial charge in [-0.25, -0.2) is 0 Å². The van der Waals surface area contributed by atoms with E-state index >= 15 is 0 Å². The van der Waals surface area contributed by atoms with Crippen molar-refractivity contribution in [3.8, 4) is 17.2 Å². The Bertz CT molecular complexity index is 876. The first-order chi connectivity index (χ1) is 13.7. The van der Waals surface area contributed by atoms with Crippen LogP contribution >= 0.6 is 11.6 Å². The molecule has 2 rings (SSSR count). The van der Waals surface area contributed by atoms with Gasteiger partial charge in [-0.3, -0.25) is 4.79 Å². The largest absolute Gasteiger partial charge is 0.550 e. The zero-order valence-corrected chi connectivity index (χ0v) is 17.5. The highest BCUT2D eigenvalue weighted by molar-refractivity contribution is 6.32. The van der Waals surface area contributed by atoms with E-state index in [0.29, 0.717) is 27.8 Å². The van der Waals surface area contributed by atoms with Gasteiger partial charge in [0.1, 0.15) is 5.75 Å². The van der Waals surface area contributed by atoms with Gasteiger partial charge in [0.05, 0.1) is 20.3 Å². The molecule has 8 heteroatoms. The van der Waals surface area contributed by atoms with Crippen molar-refractivity contribution in [3.63, 3.8) is 0 Å². The predicted molar refractivity (Wildman–Crippen MR) is 106 cm³/mol. The number of rotatable bonds is 9. The number of carboxylic acids is 1. The Balaban J connectivity index is 2.11. The van der Waals surface area contributed by atoms with E-state index in [9.17, 15) is 14.7 Å². The Morgan fingerprint density at radius 3 is 2.24 bits per heavy atom. The first-order valence-electron chi connectivity index (χ1n) is 8.85. The minimum absolute atomic E-state index is 0.280. The highest BCUT2D eigenvalue weighted by Gasteiger charge is 2.18. The monoisotopic (exact) mass is 420 g/mol. The molecule has 156 valence electrons. The van der Waals surface area contributed by atoms with Crippen LogP contribution < -0.4 is 24.6 Å². The van der Waals surface area contributed by atoms with E-state index in [4.69, 9.17) is 25.8 Å². The quantitative estimate of drug-likeness (QED) is 0.668. The van der Waals surface area contributed by atoms with E-state index < -0.39 is 24.3 Å². The normalized spacial score (nSPS) is 11.5. The molecule has 0 radical (unpaired) electrons. The summed E-state index contributed by atoms with van der Waals surface area (Å²) in [4.78, 5) is 23.5. The Morgan fingerprint density at radius 2 is 1.69 bits per heavy atom. The van der Waals surface area contributed by atoms with Gasteiger partial charge in [0.2, 0.25) is 0 Å². The van der Waals surface area contributed by atoms with Crippen LogP contribution in [0, 0.1) is 13.8 Å². The van der Waals surface area contributed by atoms with Crippen LogP contribution in [-0.4, -0.2) is 32.7 Å². The van der Waals surface area contributed by atoms with Crippen LogP contribution in [0.15, 0.2) is 30.3 Å². The number of nitrogens with one attached hydrogen (secondary N) is 1. The van der Waals surface area contributed by atoms with E-state index in [2.05, 4.69) is 5.32 Å². The van der Waals surface area contributed by atoms with Gasteiger partial charge in [-0.2, -0.15) is 0 Å².